The van der Waals surface area contributed by atoms with E-state index in [0.717, 1.165) is 16.7 Å². The number of nitrogens with one attached hydrogen (secondary N) is 1. The van der Waals surface area contributed by atoms with Crippen molar-refractivity contribution >= 4 is 23.2 Å². The Morgan fingerprint density at radius 1 is 0.857 bits per heavy atom. The molecule has 0 bridgehead atoms. The van der Waals surface area contributed by atoms with E-state index in [1.165, 1.54) is 4.90 Å². The average molecular weight is 373 g/mol. The van der Waals surface area contributed by atoms with Crippen molar-refractivity contribution in [3.05, 3.63) is 95.6 Å². The third-order valence-corrected chi connectivity index (χ3v) is 4.37. The summed E-state index contributed by atoms with van der Waals surface area (Å²) >= 11 is 0. The Morgan fingerprint density at radius 2 is 1.39 bits per heavy atom. The van der Waals surface area contributed by atoms with Crippen molar-refractivity contribution in [2.75, 3.05) is 11.1 Å². The molecule has 0 aliphatic carbocycles. The Labute approximate surface area is 164 Å². The Kier molecular flexibility index (Phi) is 6.07. The molecule has 0 saturated carbocycles. The molecule has 0 saturated heterocycles. The number of carbonyl (C=O) groups is 2. The van der Waals surface area contributed by atoms with E-state index >= 15 is 0 Å². The molecule has 0 aromatic heterocycles. The summed E-state index contributed by atoms with van der Waals surface area (Å²) in [4.78, 5) is 27.1. The first-order valence-electron chi connectivity index (χ1n) is 9.07. The van der Waals surface area contributed by atoms with Gasteiger partial charge in [0, 0.05) is 13.1 Å². The lowest BCUT2D eigenvalue weighted by molar-refractivity contribution is -0.144. The topological polar surface area (TPSA) is 75.4 Å². The molecule has 3 N–H and O–H groups in total. The molecule has 5 nitrogen and oxygen atoms in total. The van der Waals surface area contributed by atoms with E-state index in [1.54, 1.807) is 12.1 Å². The number of benzene rings is 3. The molecule has 0 unspecified atom stereocenters. The predicted octanol–water partition coefficient (Wildman–Crippen LogP) is 3.74. The monoisotopic (exact) mass is 373 g/mol. The van der Waals surface area contributed by atoms with E-state index in [4.69, 9.17) is 5.73 Å². The van der Waals surface area contributed by atoms with Crippen LogP contribution < -0.4 is 11.1 Å². The number of amides is 2. The van der Waals surface area contributed by atoms with Crippen molar-refractivity contribution in [3.63, 3.8) is 0 Å². The number of nitrogen functional groups attached to an aromatic ring is 1. The maximum atomic E-state index is 12.9. The van der Waals surface area contributed by atoms with Gasteiger partial charge in [0.2, 0.25) is 0 Å². The fourth-order valence-corrected chi connectivity index (χ4v) is 2.92. The summed E-state index contributed by atoms with van der Waals surface area (Å²) in [5, 5.41) is 2.63. The molecule has 28 heavy (non-hydrogen) atoms. The van der Waals surface area contributed by atoms with E-state index in [0.29, 0.717) is 24.5 Å². The Bertz CT molecular complexity index is 915. The van der Waals surface area contributed by atoms with Crippen LogP contribution in [0.3, 0.4) is 0 Å². The van der Waals surface area contributed by atoms with E-state index in [9.17, 15) is 9.59 Å². The lowest BCUT2D eigenvalue weighted by Gasteiger charge is -2.22. The summed E-state index contributed by atoms with van der Waals surface area (Å²) in [6.45, 7) is 2.59. The largest absolute Gasteiger partial charge is 0.397 e. The van der Waals surface area contributed by atoms with E-state index < -0.39 is 11.8 Å². The van der Waals surface area contributed by atoms with Gasteiger partial charge in [0.25, 0.3) is 0 Å². The van der Waals surface area contributed by atoms with Crippen LogP contribution in [-0.4, -0.2) is 16.7 Å². The minimum atomic E-state index is -0.706. The molecular formula is C23H23N3O2. The van der Waals surface area contributed by atoms with Crippen LogP contribution in [0.1, 0.15) is 16.7 Å². The van der Waals surface area contributed by atoms with E-state index in [1.807, 2.05) is 73.7 Å². The molecule has 0 aliphatic rings. The molecule has 2 amide bonds. The molecule has 3 aromatic carbocycles. The quantitative estimate of drug-likeness (QED) is 0.528. The molecular weight excluding hydrogens is 350 g/mol. The van der Waals surface area contributed by atoms with Crippen molar-refractivity contribution in [1.29, 1.82) is 0 Å². The molecule has 3 aromatic rings. The van der Waals surface area contributed by atoms with Crippen LogP contribution in [0.15, 0.2) is 78.9 Å². The molecule has 0 fully saturated rings. The first-order chi connectivity index (χ1) is 13.5. The third-order valence-electron chi connectivity index (χ3n) is 4.37. The van der Waals surface area contributed by atoms with Gasteiger partial charge in [0.1, 0.15) is 0 Å². The zero-order valence-corrected chi connectivity index (χ0v) is 15.8. The number of hydrogen-bond donors (Lipinski definition) is 2. The Morgan fingerprint density at radius 3 is 1.89 bits per heavy atom. The van der Waals surface area contributed by atoms with E-state index in [-0.39, 0.29) is 0 Å². The van der Waals surface area contributed by atoms with Gasteiger partial charge in [0.15, 0.2) is 0 Å². The summed E-state index contributed by atoms with van der Waals surface area (Å²) in [7, 11) is 0. The standard InChI is InChI=1S/C23H23N3O2/c1-17-12-13-21(20(24)14-17)25-22(27)23(28)26(15-18-8-4-2-5-9-18)16-19-10-6-3-7-11-19/h2-14H,15-16,24H2,1H3,(H,25,27). The minimum Gasteiger partial charge on any atom is -0.397 e. The van der Waals surface area contributed by atoms with Crippen LogP contribution in [-0.2, 0) is 22.7 Å². The van der Waals surface area contributed by atoms with Gasteiger partial charge < -0.3 is 16.0 Å². The van der Waals surface area contributed by atoms with Crippen molar-refractivity contribution in [3.8, 4) is 0 Å². The van der Waals surface area contributed by atoms with Gasteiger partial charge in [-0.05, 0) is 35.7 Å². The van der Waals surface area contributed by atoms with Gasteiger partial charge in [-0.1, -0.05) is 66.7 Å². The normalized spacial score (nSPS) is 10.3. The molecule has 142 valence electrons. The smallest absolute Gasteiger partial charge is 0.313 e. The Hall–Kier alpha value is -3.60. The fraction of sp³-hybridized carbons (Fsp3) is 0.130. The van der Waals surface area contributed by atoms with Gasteiger partial charge in [-0.3, -0.25) is 9.59 Å². The van der Waals surface area contributed by atoms with Crippen LogP contribution >= 0.6 is 0 Å². The average Bonchev–Trinajstić information content (AvgIpc) is 2.70. The molecule has 0 heterocycles. The predicted molar refractivity (Wildman–Crippen MR) is 111 cm³/mol. The first-order valence-corrected chi connectivity index (χ1v) is 9.07. The summed E-state index contributed by atoms with van der Waals surface area (Å²) < 4.78 is 0. The van der Waals surface area contributed by atoms with Crippen LogP contribution in [0.25, 0.3) is 0 Å². The third kappa shape index (κ3) is 4.98. The molecule has 0 atom stereocenters. The summed E-state index contributed by atoms with van der Waals surface area (Å²) in [6.07, 6.45) is 0. The zero-order chi connectivity index (χ0) is 19.9. The highest BCUT2D eigenvalue weighted by Crippen LogP contribution is 2.20. The zero-order valence-electron chi connectivity index (χ0n) is 15.8. The minimum absolute atomic E-state index is 0.339. The number of nitrogens with zero attached hydrogens (tertiary/aromatic N) is 1. The first kappa shape index (κ1) is 19.2. The van der Waals surface area contributed by atoms with Gasteiger partial charge in [0.05, 0.1) is 11.4 Å². The molecule has 5 heteroatoms. The van der Waals surface area contributed by atoms with Gasteiger partial charge in [-0.25, -0.2) is 0 Å². The van der Waals surface area contributed by atoms with Crippen molar-refractivity contribution in [1.82, 2.24) is 4.90 Å². The van der Waals surface area contributed by atoms with Gasteiger partial charge >= 0.3 is 11.8 Å². The number of nitrogens with two attached hydrogens (primary N) is 1. The lowest BCUT2D eigenvalue weighted by Crippen LogP contribution is -2.39. The fourth-order valence-electron chi connectivity index (χ4n) is 2.92. The van der Waals surface area contributed by atoms with Crippen molar-refractivity contribution in [2.24, 2.45) is 0 Å². The van der Waals surface area contributed by atoms with Crippen LogP contribution in [0.5, 0.6) is 0 Å². The van der Waals surface area contributed by atoms with Crippen LogP contribution in [0.2, 0.25) is 0 Å². The second-order valence-electron chi connectivity index (χ2n) is 6.68. The van der Waals surface area contributed by atoms with Gasteiger partial charge in [-0.15, -0.1) is 0 Å². The second-order valence-corrected chi connectivity index (χ2v) is 6.68. The molecule has 0 radical (unpaired) electrons. The number of rotatable bonds is 5. The highest BCUT2D eigenvalue weighted by atomic mass is 16.2. The van der Waals surface area contributed by atoms with Crippen LogP contribution in [0, 0.1) is 6.92 Å². The SMILES string of the molecule is Cc1ccc(NC(=O)C(=O)N(Cc2ccccc2)Cc2ccccc2)c(N)c1. The highest BCUT2D eigenvalue weighted by molar-refractivity contribution is 6.39. The number of anilines is 2. The molecule has 0 spiro atoms. The summed E-state index contributed by atoms with van der Waals surface area (Å²) in [6, 6.07) is 24.5. The lowest BCUT2D eigenvalue weighted by atomic mass is 10.1. The number of carbonyl (C=O) groups excluding carboxylic acids is 2. The van der Waals surface area contributed by atoms with Crippen molar-refractivity contribution in [2.45, 2.75) is 20.0 Å². The number of aryl methyl sites for hydroxylation is 1. The molecule has 0 aliphatic heterocycles. The summed E-state index contributed by atoms with van der Waals surface area (Å²) in [5.41, 5.74) is 9.71. The number of hydrogen-bond acceptors (Lipinski definition) is 3. The second kappa shape index (κ2) is 8.86. The van der Waals surface area contributed by atoms with Crippen LogP contribution in [0.4, 0.5) is 11.4 Å². The maximum absolute atomic E-state index is 12.9. The van der Waals surface area contributed by atoms with Crippen molar-refractivity contribution < 1.29 is 9.59 Å². The summed E-state index contributed by atoms with van der Waals surface area (Å²) in [5.74, 6) is -1.31. The Balaban J connectivity index is 1.79. The van der Waals surface area contributed by atoms with E-state index in [2.05, 4.69) is 5.32 Å². The molecule has 3 rings (SSSR count). The van der Waals surface area contributed by atoms with Gasteiger partial charge in [-0.2, -0.15) is 0 Å². The maximum Gasteiger partial charge on any atom is 0.313 e. The highest BCUT2D eigenvalue weighted by Gasteiger charge is 2.23.